The molecule has 2 aliphatic heterocycles. The number of carbonyl (C=O) groups excluding carboxylic acids is 2. The van der Waals surface area contributed by atoms with Crippen LogP contribution in [-0.4, -0.2) is 78.5 Å². The number of aryl methyl sites for hydroxylation is 1. The largest absolute Gasteiger partial charge is 0.356 e. The SMILES string of the molecule is Cc1ccccc1[C@@H]1[C@@H](C(=O)N2CCCN(C3CCCC3)CC2)OCC(=O)N1C. The van der Waals surface area contributed by atoms with Gasteiger partial charge < -0.3 is 14.5 Å². The van der Waals surface area contributed by atoms with Crippen LogP contribution in [0.3, 0.4) is 0 Å². The Morgan fingerprint density at radius 2 is 1.79 bits per heavy atom. The van der Waals surface area contributed by atoms with Crippen LogP contribution in [0.25, 0.3) is 0 Å². The third-order valence-corrected chi connectivity index (χ3v) is 6.92. The maximum Gasteiger partial charge on any atom is 0.254 e. The van der Waals surface area contributed by atoms with Crippen molar-refractivity contribution < 1.29 is 14.3 Å². The van der Waals surface area contributed by atoms with Crippen LogP contribution in [-0.2, 0) is 14.3 Å². The zero-order valence-electron chi connectivity index (χ0n) is 17.7. The molecule has 29 heavy (non-hydrogen) atoms. The van der Waals surface area contributed by atoms with E-state index in [1.807, 2.05) is 36.1 Å². The summed E-state index contributed by atoms with van der Waals surface area (Å²) in [4.78, 5) is 32.1. The Kier molecular flexibility index (Phi) is 6.20. The summed E-state index contributed by atoms with van der Waals surface area (Å²) in [5, 5.41) is 0. The molecule has 1 aliphatic carbocycles. The zero-order chi connectivity index (χ0) is 20.4. The van der Waals surface area contributed by atoms with Crippen LogP contribution < -0.4 is 0 Å². The molecule has 0 spiro atoms. The molecule has 0 aromatic heterocycles. The predicted molar refractivity (Wildman–Crippen MR) is 111 cm³/mol. The number of likely N-dealkylation sites (N-methyl/N-ethyl adjacent to an activating group) is 1. The molecule has 0 bridgehead atoms. The Hall–Kier alpha value is -1.92. The summed E-state index contributed by atoms with van der Waals surface area (Å²) in [6.45, 7) is 5.51. The molecule has 3 aliphatic rings. The molecule has 158 valence electrons. The number of nitrogens with zero attached hydrogens (tertiary/aromatic N) is 3. The van der Waals surface area contributed by atoms with Crippen LogP contribution in [0.4, 0.5) is 0 Å². The van der Waals surface area contributed by atoms with Crippen molar-refractivity contribution in [3.8, 4) is 0 Å². The third-order valence-electron chi connectivity index (χ3n) is 6.92. The minimum absolute atomic E-state index is 0.0193. The van der Waals surface area contributed by atoms with Gasteiger partial charge in [0, 0.05) is 39.3 Å². The van der Waals surface area contributed by atoms with Crippen molar-refractivity contribution in [2.45, 2.75) is 57.2 Å². The van der Waals surface area contributed by atoms with E-state index < -0.39 is 6.10 Å². The highest BCUT2D eigenvalue weighted by atomic mass is 16.5. The van der Waals surface area contributed by atoms with E-state index in [-0.39, 0.29) is 24.5 Å². The number of hydrogen-bond donors (Lipinski definition) is 0. The van der Waals surface area contributed by atoms with Crippen molar-refractivity contribution in [3.63, 3.8) is 0 Å². The first-order valence-electron chi connectivity index (χ1n) is 11.0. The Morgan fingerprint density at radius 1 is 1.03 bits per heavy atom. The zero-order valence-corrected chi connectivity index (χ0v) is 17.7. The Labute approximate surface area is 173 Å². The fraction of sp³-hybridized carbons (Fsp3) is 0.652. The van der Waals surface area contributed by atoms with Crippen molar-refractivity contribution in [2.75, 3.05) is 39.8 Å². The topological polar surface area (TPSA) is 53.1 Å². The van der Waals surface area contributed by atoms with Crippen LogP contribution in [0, 0.1) is 6.92 Å². The number of hydrogen-bond acceptors (Lipinski definition) is 4. The molecule has 2 atom stereocenters. The minimum Gasteiger partial charge on any atom is -0.356 e. The van der Waals surface area contributed by atoms with Crippen LogP contribution >= 0.6 is 0 Å². The van der Waals surface area contributed by atoms with Crippen molar-refractivity contribution in [2.24, 2.45) is 0 Å². The number of rotatable bonds is 3. The summed E-state index contributed by atoms with van der Waals surface area (Å²) in [5.74, 6) is -0.0588. The average molecular weight is 400 g/mol. The molecule has 0 radical (unpaired) electrons. The minimum atomic E-state index is -0.642. The van der Waals surface area contributed by atoms with E-state index in [0.29, 0.717) is 6.04 Å². The molecule has 1 aromatic rings. The van der Waals surface area contributed by atoms with E-state index in [1.54, 1.807) is 11.9 Å². The molecule has 0 unspecified atom stereocenters. The number of carbonyl (C=O) groups is 2. The van der Waals surface area contributed by atoms with Gasteiger partial charge in [0.05, 0.1) is 6.04 Å². The van der Waals surface area contributed by atoms with Crippen molar-refractivity contribution in [3.05, 3.63) is 35.4 Å². The van der Waals surface area contributed by atoms with Crippen molar-refractivity contribution >= 4 is 11.8 Å². The molecule has 6 heteroatoms. The third kappa shape index (κ3) is 4.19. The first-order chi connectivity index (χ1) is 14.1. The second-order valence-corrected chi connectivity index (χ2v) is 8.69. The van der Waals surface area contributed by atoms with Gasteiger partial charge in [0.1, 0.15) is 6.61 Å². The number of benzene rings is 1. The van der Waals surface area contributed by atoms with E-state index in [1.165, 1.54) is 25.7 Å². The van der Waals surface area contributed by atoms with Crippen LogP contribution in [0.15, 0.2) is 24.3 Å². The second kappa shape index (κ2) is 8.84. The maximum atomic E-state index is 13.5. The predicted octanol–water partition coefficient (Wildman–Crippen LogP) is 2.37. The van der Waals surface area contributed by atoms with Gasteiger partial charge >= 0.3 is 0 Å². The summed E-state index contributed by atoms with van der Waals surface area (Å²) < 4.78 is 5.87. The number of ether oxygens (including phenoxy) is 1. The molecule has 0 N–H and O–H groups in total. The van der Waals surface area contributed by atoms with Gasteiger partial charge in [0.2, 0.25) is 5.91 Å². The molecular weight excluding hydrogens is 366 g/mol. The van der Waals surface area contributed by atoms with Crippen LogP contribution in [0.1, 0.15) is 49.3 Å². The second-order valence-electron chi connectivity index (χ2n) is 8.69. The van der Waals surface area contributed by atoms with Gasteiger partial charge in [-0.15, -0.1) is 0 Å². The van der Waals surface area contributed by atoms with Gasteiger partial charge in [-0.2, -0.15) is 0 Å². The van der Waals surface area contributed by atoms with E-state index in [2.05, 4.69) is 4.90 Å². The normalized spacial score (nSPS) is 27.3. The average Bonchev–Trinajstić information content (AvgIpc) is 3.15. The molecule has 2 saturated heterocycles. The van der Waals surface area contributed by atoms with Gasteiger partial charge in [-0.25, -0.2) is 0 Å². The van der Waals surface area contributed by atoms with Gasteiger partial charge in [0.15, 0.2) is 6.10 Å². The fourth-order valence-electron chi connectivity index (χ4n) is 5.18. The lowest BCUT2D eigenvalue weighted by Gasteiger charge is -2.40. The summed E-state index contributed by atoms with van der Waals surface area (Å²) in [5.41, 5.74) is 2.06. The molecule has 2 amide bonds. The van der Waals surface area contributed by atoms with Crippen molar-refractivity contribution in [1.29, 1.82) is 0 Å². The monoisotopic (exact) mass is 399 g/mol. The van der Waals surface area contributed by atoms with E-state index in [9.17, 15) is 9.59 Å². The van der Waals surface area contributed by atoms with E-state index >= 15 is 0 Å². The lowest BCUT2D eigenvalue weighted by Crippen LogP contribution is -2.54. The van der Waals surface area contributed by atoms with Crippen molar-refractivity contribution in [1.82, 2.24) is 14.7 Å². The van der Waals surface area contributed by atoms with Crippen LogP contribution in [0.2, 0.25) is 0 Å². The smallest absolute Gasteiger partial charge is 0.254 e. The quantitative estimate of drug-likeness (QED) is 0.783. The molecule has 1 saturated carbocycles. The fourth-order valence-corrected chi connectivity index (χ4v) is 5.18. The highest BCUT2D eigenvalue weighted by molar-refractivity contribution is 5.86. The Morgan fingerprint density at radius 3 is 2.55 bits per heavy atom. The highest BCUT2D eigenvalue weighted by Gasteiger charge is 2.42. The lowest BCUT2D eigenvalue weighted by atomic mass is 9.93. The first kappa shape index (κ1) is 20.4. The lowest BCUT2D eigenvalue weighted by molar-refractivity contribution is -0.167. The standard InChI is InChI=1S/C23H33N3O3/c1-17-8-3-6-11-19(17)21-22(29-16-20(27)24(21)2)23(28)26-13-7-12-25(14-15-26)18-9-4-5-10-18/h3,6,8,11,18,21-22H,4-5,7,9-10,12-16H2,1-2H3/t21-,22+/m1/s1. The Bertz CT molecular complexity index is 747. The maximum absolute atomic E-state index is 13.5. The molecule has 3 fully saturated rings. The van der Waals surface area contributed by atoms with Gasteiger partial charge in [0.25, 0.3) is 5.91 Å². The van der Waals surface area contributed by atoms with Crippen LogP contribution in [0.5, 0.6) is 0 Å². The molecule has 6 nitrogen and oxygen atoms in total. The van der Waals surface area contributed by atoms with Gasteiger partial charge in [-0.05, 0) is 37.3 Å². The Balaban J connectivity index is 1.51. The number of morpholine rings is 1. The molecular formula is C23H33N3O3. The summed E-state index contributed by atoms with van der Waals surface area (Å²) >= 11 is 0. The molecule has 4 rings (SSSR count). The first-order valence-corrected chi connectivity index (χ1v) is 11.0. The van der Waals surface area contributed by atoms with Gasteiger partial charge in [-0.1, -0.05) is 37.1 Å². The van der Waals surface area contributed by atoms with E-state index in [4.69, 9.17) is 4.74 Å². The number of amides is 2. The molecule has 2 heterocycles. The summed E-state index contributed by atoms with van der Waals surface area (Å²) in [6.07, 6.45) is 5.61. The summed E-state index contributed by atoms with van der Waals surface area (Å²) in [7, 11) is 1.78. The summed E-state index contributed by atoms with van der Waals surface area (Å²) in [6, 6.07) is 8.28. The highest BCUT2D eigenvalue weighted by Crippen LogP contribution is 2.32. The molecule has 1 aromatic carbocycles. The van der Waals surface area contributed by atoms with Gasteiger partial charge in [-0.3, -0.25) is 14.5 Å². The van der Waals surface area contributed by atoms with E-state index in [0.717, 1.165) is 43.7 Å².